The lowest BCUT2D eigenvalue weighted by atomic mass is 10.1. The molecule has 0 aliphatic rings. The summed E-state index contributed by atoms with van der Waals surface area (Å²) in [4.78, 5) is 21.6. The predicted molar refractivity (Wildman–Crippen MR) is 86.3 cm³/mol. The van der Waals surface area contributed by atoms with E-state index >= 15 is 0 Å². The first kappa shape index (κ1) is 18.4. The van der Waals surface area contributed by atoms with Crippen molar-refractivity contribution in [2.75, 3.05) is 7.11 Å². The minimum atomic E-state index is -4.40. The summed E-state index contributed by atoms with van der Waals surface area (Å²) in [6.45, 7) is 0. The fourth-order valence-corrected chi connectivity index (χ4v) is 3.44. The van der Waals surface area contributed by atoms with Gasteiger partial charge < -0.3 is 9.84 Å². The number of para-hydroxylation sites is 1. The first-order valence-electron chi connectivity index (χ1n) is 6.89. The fraction of sp³-hybridized carbons (Fsp3) is 0.133. The fourth-order valence-electron chi connectivity index (χ4n) is 2.09. The number of nitrogens with zero attached hydrogens (tertiary/aromatic N) is 1. The van der Waals surface area contributed by atoms with Crippen molar-refractivity contribution < 1.29 is 28.0 Å². The second kappa shape index (κ2) is 7.28. The molecular formula is C15H14N2O7S. The van der Waals surface area contributed by atoms with Crippen LogP contribution in [0.25, 0.3) is 0 Å². The van der Waals surface area contributed by atoms with Crippen molar-refractivity contribution in [1.82, 2.24) is 4.72 Å². The minimum absolute atomic E-state index is 0.0751. The SMILES string of the molecule is COC(=O)[C@H](NS(=O)(=O)c1ccccc1[N+](=O)[O-])c1ccc(O)cc1. The van der Waals surface area contributed by atoms with E-state index in [1.807, 2.05) is 0 Å². The van der Waals surface area contributed by atoms with Crippen LogP contribution in [0, 0.1) is 10.1 Å². The topological polar surface area (TPSA) is 136 Å². The summed E-state index contributed by atoms with van der Waals surface area (Å²) in [6, 6.07) is 8.53. The molecule has 0 bridgehead atoms. The number of phenolic OH excluding ortho intramolecular Hbond substituents is 1. The molecule has 0 heterocycles. The zero-order chi connectivity index (χ0) is 18.6. The molecule has 10 heteroatoms. The molecule has 2 rings (SSSR count). The molecule has 132 valence electrons. The van der Waals surface area contributed by atoms with Gasteiger partial charge in [0, 0.05) is 6.07 Å². The molecule has 0 unspecified atom stereocenters. The molecule has 0 spiro atoms. The van der Waals surface area contributed by atoms with Crippen molar-refractivity contribution in [1.29, 1.82) is 0 Å². The summed E-state index contributed by atoms with van der Waals surface area (Å²) in [5.74, 6) is -0.984. The van der Waals surface area contributed by atoms with Gasteiger partial charge >= 0.3 is 5.97 Å². The highest BCUT2D eigenvalue weighted by Crippen LogP contribution is 2.26. The molecular weight excluding hydrogens is 352 g/mol. The number of aromatic hydroxyl groups is 1. The quantitative estimate of drug-likeness (QED) is 0.449. The summed E-state index contributed by atoms with van der Waals surface area (Å²) >= 11 is 0. The molecule has 25 heavy (non-hydrogen) atoms. The lowest BCUT2D eigenvalue weighted by molar-refractivity contribution is -0.387. The number of hydrogen-bond donors (Lipinski definition) is 2. The van der Waals surface area contributed by atoms with E-state index in [9.17, 15) is 28.4 Å². The second-order valence-corrected chi connectivity index (χ2v) is 6.58. The molecule has 2 aromatic rings. The third-order valence-electron chi connectivity index (χ3n) is 3.29. The lowest BCUT2D eigenvalue weighted by Gasteiger charge is -2.17. The Morgan fingerprint density at radius 3 is 2.36 bits per heavy atom. The number of hydrogen-bond acceptors (Lipinski definition) is 7. The van der Waals surface area contributed by atoms with E-state index in [-0.39, 0.29) is 11.3 Å². The molecule has 0 fully saturated rings. The number of carbonyl (C=O) groups is 1. The van der Waals surface area contributed by atoms with Crippen LogP contribution in [0.4, 0.5) is 5.69 Å². The van der Waals surface area contributed by atoms with Crippen LogP contribution in [0.2, 0.25) is 0 Å². The van der Waals surface area contributed by atoms with Gasteiger partial charge in [-0.15, -0.1) is 0 Å². The molecule has 0 saturated carbocycles. The van der Waals surface area contributed by atoms with Gasteiger partial charge in [-0.1, -0.05) is 24.3 Å². The van der Waals surface area contributed by atoms with Crippen molar-refractivity contribution in [2.24, 2.45) is 0 Å². The Kier molecular flexibility index (Phi) is 5.35. The number of nitro groups is 1. The van der Waals surface area contributed by atoms with Gasteiger partial charge in [0.05, 0.1) is 12.0 Å². The van der Waals surface area contributed by atoms with Crippen LogP contribution in [0.1, 0.15) is 11.6 Å². The standard InChI is InChI=1S/C15H14N2O7S/c1-24-15(19)14(10-6-8-11(18)9-7-10)16-25(22,23)13-5-3-2-4-12(13)17(20)21/h2-9,14,16,18H,1H3/t14-/m1/s1. The number of carbonyl (C=O) groups excluding carboxylic acids is 1. The summed E-state index contributed by atoms with van der Waals surface area (Å²) in [7, 11) is -3.33. The third-order valence-corrected chi connectivity index (χ3v) is 4.76. The van der Waals surface area contributed by atoms with Crippen molar-refractivity contribution in [3.8, 4) is 5.75 Å². The van der Waals surface area contributed by atoms with Gasteiger partial charge in [-0.3, -0.25) is 10.1 Å². The number of nitrogens with one attached hydrogen (secondary N) is 1. The summed E-state index contributed by atoms with van der Waals surface area (Å²) in [5, 5.41) is 20.4. The number of sulfonamides is 1. The van der Waals surface area contributed by atoms with E-state index in [1.54, 1.807) is 0 Å². The van der Waals surface area contributed by atoms with Gasteiger partial charge in [0.1, 0.15) is 11.8 Å². The second-order valence-electron chi connectivity index (χ2n) is 4.89. The van der Waals surface area contributed by atoms with E-state index in [2.05, 4.69) is 9.46 Å². The van der Waals surface area contributed by atoms with Crippen LogP contribution in [0.3, 0.4) is 0 Å². The largest absolute Gasteiger partial charge is 0.508 e. The summed E-state index contributed by atoms with van der Waals surface area (Å²) in [6.07, 6.45) is 0. The number of ether oxygens (including phenoxy) is 1. The Labute approximate surface area is 143 Å². The van der Waals surface area contributed by atoms with Gasteiger partial charge in [0.25, 0.3) is 5.69 Å². The first-order valence-corrected chi connectivity index (χ1v) is 8.37. The molecule has 0 amide bonds. The summed E-state index contributed by atoms with van der Waals surface area (Å²) < 4.78 is 31.8. The zero-order valence-corrected chi connectivity index (χ0v) is 13.8. The summed E-state index contributed by atoms with van der Waals surface area (Å²) in [5.41, 5.74) is -0.420. The van der Waals surface area contributed by atoms with Crippen molar-refractivity contribution >= 4 is 21.7 Å². The van der Waals surface area contributed by atoms with Crippen molar-refractivity contribution in [2.45, 2.75) is 10.9 Å². The van der Waals surface area contributed by atoms with E-state index in [1.165, 1.54) is 36.4 Å². The Morgan fingerprint density at radius 1 is 1.20 bits per heavy atom. The monoisotopic (exact) mass is 366 g/mol. The number of rotatable bonds is 6. The predicted octanol–water partition coefficient (Wildman–Crippen LogP) is 1.49. The van der Waals surface area contributed by atoms with Gasteiger partial charge in [-0.25, -0.2) is 13.2 Å². The molecule has 2 aromatic carbocycles. The van der Waals surface area contributed by atoms with Crippen molar-refractivity contribution in [3.05, 3.63) is 64.2 Å². The highest BCUT2D eigenvalue weighted by molar-refractivity contribution is 7.89. The minimum Gasteiger partial charge on any atom is -0.508 e. The maximum absolute atomic E-state index is 12.6. The Morgan fingerprint density at radius 2 is 1.80 bits per heavy atom. The molecule has 0 aromatic heterocycles. The van der Waals surface area contributed by atoms with Crippen molar-refractivity contribution in [3.63, 3.8) is 0 Å². The Balaban J connectivity index is 2.46. The first-order chi connectivity index (χ1) is 11.8. The average Bonchev–Trinajstić information content (AvgIpc) is 2.60. The van der Waals surface area contributed by atoms with Gasteiger partial charge in [0.2, 0.25) is 10.0 Å². The highest BCUT2D eigenvalue weighted by Gasteiger charge is 2.32. The highest BCUT2D eigenvalue weighted by atomic mass is 32.2. The van der Waals surface area contributed by atoms with Gasteiger partial charge in [-0.2, -0.15) is 4.72 Å². The number of benzene rings is 2. The molecule has 9 nitrogen and oxygen atoms in total. The van der Waals surface area contributed by atoms with E-state index in [4.69, 9.17) is 0 Å². The molecule has 1 atom stereocenters. The molecule has 2 N–H and O–H groups in total. The Bertz CT molecular complexity index is 894. The van der Waals surface area contributed by atoms with Crippen LogP contribution < -0.4 is 4.72 Å². The number of phenols is 1. The van der Waals surface area contributed by atoms with E-state index in [0.29, 0.717) is 0 Å². The smallest absolute Gasteiger partial charge is 0.328 e. The maximum Gasteiger partial charge on any atom is 0.328 e. The molecule has 0 radical (unpaired) electrons. The maximum atomic E-state index is 12.6. The molecule has 0 aliphatic heterocycles. The van der Waals surface area contributed by atoms with Gasteiger partial charge in [-0.05, 0) is 23.8 Å². The van der Waals surface area contributed by atoms with Crippen LogP contribution in [0.5, 0.6) is 5.75 Å². The number of nitro benzene ring substituents is 1. The normalized spacial score (nSPS) is 12.4. The number of methoxy groups -OCH3 is 1. The molecule has 0 aliphatic carbocycles. The van der Waals surface area contributed by atoms with Crippen LogP contribution >= 0.6 is 0 Å². The van der Waals surface area contributed by atoms with E-state index in [0.717, 1.165) is 19.2 Å². The van der Waals surface area contributed by atoms with Crippen LogP contribution in [-0.2, 0) is 19.6 Å². The third kappa shape index (κ3) is 4.11. The van der Waals surface area contributed by atoms with E-state index < -0.39 is 37.5 Å². The molecule has 0 saturated heterocycles. The van der Waals surface area contributed by atoms with Crippen LogP contribution in [-0.4, -0.2) is 31.5 Å². The lowest BCUT2D eigenvalue weighted by Crippen LogP contribution is -2.34. The van der Waals surface area contributed by atoms with Crippen LogP contribution in [0.15, 0.2) is 53.4 Å². The zero-order valence-electron chi connectivity index (χ0n) is 12.9. The average molecular weight is 366 g/mol. The van der Waals surface area contributed by atoms with Gasteiger partial charge in [0.15, 0.2) is 4.90 Å². The number of esters is 1. The Hall–Kier alpha value is -2.98.